The molecule has 2 N–H and O–H groups in total. The van der Waals surface area contributed by atoms with E-state index >= 15 is 0 Å². The smallest absolute Gasteiger partial charge is 0.269 e. The van der Waals surface area contributed by atoms with Crippen LogP contribution >= 0.6 is 0 Å². The average Bonchev–Trinajstić information content (AvgIpc) is 3.20. The first-order valence-corrected chi connectivity index (χ1v) is 13.1. The Morgan fingerprint density at radius 2 is 1.89 bits per heavy atom. The third-order valence-electron chi connectivity index (χ3n) is 6.31. The molecule has 1 fully saturated rings. The van der Waals surface area contributed by atoms with E-state index in [1.807, 2.05) is 34.7 Å². The van der Waals surface area contributed by atoms with Gasteiger partial charge in [0, 0.05) is 24.3 Å². The minimum Gasteiger partial charge on any atom is -0.486 e. The van der Waals surface area contributed by atoms with Gasteiger partial charge in [-0.2, -0.15) is 0 Å². The SMILES string of the molecule is CC1C[C@H](C)CN1c1nc(-c2ccc3c(c2)OCCO3)ccc1C(=O)NS(=O)(=O)c1ccc[nH]c1=O. The molecule has 2 aliphatic rings. The van der Waals surface area contributed by atoms with Gasteiger partial charge in [0.1, 0.15) is 19.0 Å². The second-order valence-corrected chi connectivity index (χ2v) is 10.7. The lowest BCUT2D eigenvalue weighted by molar-refractivity contribution is 0.0981. The van der Waals surface area contributed by atoms with Crippen LogP contribution in [0.1, 0.15) is 30.6 Å². The van der Waals surface area contributed by atoms with E-state index < -0.39 is 26.4 Å². The number of aromatic nitrogens is 2. The molecule has 1 amide bonds. The molecule has 188 valence electrons. The van der Waals surface area contributed by atoms with Gasteiger partial charge < -0.3 is 19.4 Å². The van der Waals surface area contributed by atoms with Gasteiger partial charge in [-0.3, -0.25) is 9.59 Å². The number of benzene rings is 1. The molecule has 0 radical (unpaired) electrons. The molecule has 0 bridgehead atoms. The summed E-state index contributed by atoms with van der Waals surface area (Å²) in [7, 11) is -4.40. The number of nitrogens with zero attached hydrogens (tertiary/aromatic N) is 2. The number of sulfonamides is 1. The first-order chi connectivity index (χ1) is 17.2. The van der Waals surface area contributed by atoms with Gasteiger partial charge in [-0.15, -0.1) is 0 Å². The van der Waals surface area contributed by atoms with Crippen molar-refractivity contribution < 1.29 is 22.7 Å². The predicted octanol–water partition coefficient (Wildman–Crippen LogP) is 2.56. The van der Waals surface area contributed by atoms with Gasteiger partial charge in [-0.1, -0.05) is 6.92 Å². The van der Waals surface area contributed by atoms with E-state index in [4.69, 9.17) is 14.5 Å². The van der Waals surface area contributed by atoms with Crippen LogP contribution < -0.4 is 24.7 Å². The van der Waals surface area contributed by atoms with Crippen molar-refractivity contribution in [2.75, 3.05) is 24.7 Å². The fraction of sp³-hybridized carbons (Fsp3) is 0.320. The lowest BCUT2D eigenvalue weighted by Crippen LogP contribution is -2.36. The molecule has 2 aliphatic heterocycles. The molecule has 0 spiro atoms. The quantitative estimate of drug-likeness (QED) is 0.536. The highest BCUT2D eigenvalue weighted by Gasteiger charge is 2.32. The molecule has 5 rings (SSSR count). The standard InChI is InChI=1S/C25H26N4O6S/c1-15-12-16(2)29(14-15)23-18(24(30)28-36(32,33)22-4-3-9-26-25(22)31)6-7-19(27-23)17-5-8-20-21(13-17)35-11-10-34-20/h3-9,13,15-16H,10-12,14H2,1-2H3,(H,26,31)(H,28,30)/t15-,16?/m0/s1. The first kappa shape index (κ1) is 23.9. The van der Waals surface area contributed by atoms with Crippen molar-refractivity contribution in [3.63, 3.8) is 0 Å². The molecule has 10 nitrogen and oxygen atoms in total. The highest BCUT2D eigenvalue weighted by atomic mass is 32.2. The van der Waals surface area contributed by atoms with E-state index in [-0.39, 0.29) is 11.6 Å². The Kier molecular flexibility index (Phi) is 6.17. The monoisotopic (exact) mass is 510 g/mol. The zero-order valence-electron chi connectivity index (χ0n) is 19.9. The number of nitrogens with one attached hydrogen (secondary N) is 2. The number of hydrogen-bond donors (Lipinski definition) is 2. The minimum absolute atomic E-state index is 0.100. The molecule has 4 heterocycles. The zero-order chi connectivity index (χ0) is 25.4. The first-order valence-electron chi connectivity index (χ1n) is 11.7. The maximum Gasteiger partial charge on any atom is 0.269 e. The van der Waals surface area contributed by atoms with Gasteiger partial charge in [0.15, 0.2) is 16.4 Å². The number of anilines is 1. The number of aromatic amines is 1. The fourth-order valence-electron chi connectivity index (χ4n) is 4.65. The number of rotatable bonds is 5. The van der Waals surface area contributed by atoms with Crippen molar-refractivity contribution in [1.82, 2.24) is 14.7 Å². The van der Waals surface area contributed by atoms with E-state index in [0.717, 1.165) is 18.1 Å². The number of ether oxygens (including phenoxy) is 2. The molecule has 1 aromatic carbocycles. The third-order valence-corrected chi connectivity index (χ3v) is 7.67. The van der Waals surface area contributed by atoms with Crippen LogP contribution in [0.15, 0.2) is 58.4 Å². The van der Waals surface area contributed by atoms with Crippen LogP contribution in [-0.4, -0.2) is 50.1 Å². The number of carbonyl (C=O) groups is 1. The Hall–Kier alpha value is -3.86. The summed E-state index contributed by atoms with van der Waals surface area (Å²) in [6.45, 7) is 5.78. The summed E-state index contributed by atoms with van der Waals surface area (Å²) < 4.78 is 38.9. The lowest BCUT2D eigenvalue weighted by atomic mass is 10.1. The predicted molar refractivity (Wildman–Crippen MR) is 133 cm³/mol. The van der Waals surface area contributed by atoms with Crippen molar-refractivity contribution in [2.24, 2.45) is 5.92 Å². The Bertz CT molecular complexity index is 1490. The van der Waals surface area contributed by atoms with Gasteiger partial charge in [-0.25, -0.2) is 18.1 Å². The van der Waals surface area contributed by atoms with E-state index in [1.54, 1.807) is 12.1 Å². The Morgan fingerprint density at radius 1 is 1.11 bits per heavy atom. The van der Waals surface area contributed by atoms with E-state index in [0.29, 0.717) is 48.7 Å². The van der Waals surface area contributed by atoms with Crippen molar-refractivity contribution in [3.8, 4) is 22.8 Å². The second-order valence-electron chi connectivity index (χ2n) is 9.07. The highest BCUT2D eigenvalue weighted by molar-refractivity contribution is 7.90. The third kappa shape index (κ3) is 4.53. The second kappa shape index (κ2) is 9.30. The van der Waals surface area contributed by atoms with Crippen LogP contribution in [0.2, 0.25) is 0 Å². The molecule has 0 aliphatic carbocycles. The van der Waals surface area contributed by atoms with Crippen LogP contribution in [0.4, 0.5) is 5.82 Å². The Morgan fingerprint density at radius 3 is 2.61 bits per heavy atom. The van der Waals surface area contributed by atoms with Crippen LogP contribution in [0.25, 0.3) is 11.3 Å². The minimum atomic E-state index is -4.40. The van der Waals surface area contributed by atoms with Gasteiger partial charge in [0.2, 0.25) is 0 Å². The number of pyridine rings is 2. The van der Waals surface area contributed by atoms with E-state index in [1.165, 1.54) is 12.3 Å². The summed E-state index contributed by atoms with van der Waals surface area (Å²) in [5.74, 6) is 1.17. The van der Waals surface area contributed by atoms with Crippen molar-refractivity contribution in [2.45, 2.75) is 31.2 Å². The van der Waals surface area contributed by atoms with Crippen LogP contribution in [0.5, 0.6) is 11.5 Å². The molecular formula is C25H26N4O6S. The molecular weight excluding hydrogens is 484 g/mol. The number of amides is 1. The zero-order valence-corrected chi connectivity index (χ0v) is 20.7. The summed E-state index contributed by atoms with van der Waals surface area (Å²) in [5, 5.41) is 0. The van der Waals surface area contributed by atoms with Crippen molar-refractivity contribution >= 4 is 21.7 Å². The van der Waals surface area contributed by atoms with Crippen molar-refractivity contribution in [3.05, 3.63) is 64.6 Å². The maximum atomic E-state index is 13.2. The summed E-state index contributed by atoms with van der Waals surface area (Å²) in [5.41, 5.74) is 0.670. The largest absolute Gasteiger partial charge is 0.486 e. The molecule has 2 atom stereocenters. The Labute approximate surface area is 208 Å². The highest BCUT2D eigenvalue weighted by Crippen LogP contribution is 2.36. The summed E-state index contributed by atoms with van der Waals surface area (Å²) in [6, 6.07) is 11.4. The van der Waals surface area contributed by atoms with Crippen LogP contribution in [0.3, 0.4) is 0 Å². The lowest BCUT2D eigenvalue weighted by Gasteiger charge is -2.25. The molecule has 36 heavy (non-hydrogen) atoms. The van der Waals surface area contributed by atoms with E-state index in [2.05, 4.69) is 11.9 Å². The van der Waals surface area contributed by atoms with Crippen LogP contribution in [0, 0.1) is 5.92 Å². The number of carbonyl (C=O) groups excluding carboxylic acids is 1. The summed E-state index contributed by atoms with van der Waals surface area (Å²) in [6.07, 6.45) is 2.23. The Balaban J connectivity index is 1.54. The van der Waals surface area contributed by atoms with Crippen LogP contribution in [-0.2, 0) is 10.0 Å². The summed E-state index contributed by atoms with van der Waals surface area (Å²) in [4.78, 5) is 33.9. The molecule has 3 aromatic rings. The number of hydrogen-bond acceptors (Lipinski definition) is 8. The normalized spacial score (nSPS) is 19.2. The average molecular weight is 511 g/mol. The molecule has 0 saturated carbocycles. The summed E-state index contributed by atoms with van der Waals surface area (Å²) >= 11 is 0. The molecule has 1 saturated heterocycles. The van der Waals surface area contributed by atoms with Gasteiger partial charge >= 0.3 is 0 Å². The number of fused-ring (bicyclic) bond motifs is 1. The molecule has 11 heteroatoms. The van der Waals surface area contributed by atoms with Gasteiger partial charge in [0.25, 0.3) is 21.5 Å². The molecule has 2 aromatic heterocycles. The number of H-pyrrole nitrogens is 1. The molecule has 1 unspecified atom stereocenters. The fourth-order valence-corrected chi connectivity index (χ4v) is 5.68. The van der Waals surface area contributed by atoms with E-state index in [9.17, 15) is 18.0 Å². The maximum absolute atomic E-state index is 13.2. The topological polar surface area (TPSA) is 131 Å². The van der Waals surface area contributed by atoms with Crippen molar-refractivity contribution in [1.29, 1.82) is 0 Å². The van der Waals surface area contributed by atoms with Gasteiger partial charge in [0.05, 0.1) is 11.3 Å². The van der Waals surface area contributed by atoms with Gasteiger partial charge in [-0.05, 0) is 61.7 Å².